The summed E-state index contributed by atoms with van der Waals surface area (Å²) >= 11 is 0. The van der Waals surface area contributed by atoms with Crippen molar-refractivity contribution in [2.45, 2.75) is 38.7 Å². The fraction of sp³-hybridized carbons (Fsp3) is 0.400. The minimum absolute atomic E-state index is 0.0950. The zero-order chi connectivity index (χ0) is 19.3. The van der Waals surface area contributed by atoms with Gasteiger partial charge in [0.05, 0.1) is 24.2 Å². The van der Waals surface area contributed by atoms with Crippen molar-refractivity contribution in [2.75, 3.05) is 19.8 Å². The number of hydrogen-bond acceptors (Lipinski definition) is 4. The van der Waals surface area contributed by atoms with Crippen molar-refractivity contribution >= 4 is 10.0 Å². The summed E-state index contributed by atoms with van der Waals surface area (Å²) in [7, 11) is -3.66. The monoisotopic (exact) mass is 377 g/mol. The van der Waals surface area contributed by atoms with E-state index in [1.807, 2.05) is 51.1 Å². The van der Waals surface area contributed by atoms with Crippen molar-refractivity contribution < 1.29 is 18.3 Å². The molecule has 0 amide bonds. The van der Waals surface area contributed by atoms with E-state index >= 15 is 0 Å². The Hall–Kier alpha value is -1.73. The Morgan fingerprint density at radius 1 is 1.00 bits per heavy atom. The first-order chi connectivity index (χ1) is 12.2. The molecule has 0 fully saturated rings. The van der Waals surface area contributed by atoms with Crippen molar-refractivity contribution in [3.63, 3.8) is 0 Å². The third-order valence-corrected chi connectivity index (χ3v) is 5.96. The van der Waals surface area contributed by atoms with Crippen LogP contribution in [0.2, 0.25) is 0 Å². The molecule has 0 aliphatic rings. The molecule has 0 aliphatic heterocycles. The summed E-state index contributed by atoms with van der Waals surface area (Å²) in [6.07, 6.45) is -0.468. The number of aryl methyl sites for hydroxylation is 4. The summed E-state index contributed by atoms with van der Waals surface area (Å²) in [5.41, 5.74) is 4.68. The lowest BCUT2D eigenvalue weighted by atomic mass is 10.1. The molecule has 1 atom stereocenters. The molecule has 6 heteroatoms. The molecule has 0 heterocycles. The highest BCUT2D eigenvalue weighted by Gasteiger charge is 2.21. The van der Waals surface area contributed by atoms with E-state index in [4.69, 9.17) is 9.84 Å². The normalized spacial score (nSPS) is 13.0. The van der Waals surface area contributed by atoms with Crippen LogP contribution in [-0.4, -0.2) is 33.3 Å². The molecule has 0 radical (unpaired) electrons. The number of ether oxygens (including phenoxy) is 1. The second kappa shape index (κ2) is 8.77. The van der Waals surface area contributed by atoms with Crippen molar-refractivity contribution in [3.05, 3.63) is 64.2 Å². The molecule has 0 unspecified atom stereocenters. The van der Waals surface area contributed by atoms with Crippen LogP contribution in [0.3, 0.4) is 0 Å². The largest absolute Gasteiger partial charge is 0.394 e. The molecule has 0 spiro atoms. The minimum atomic E-state index is -3.66. The molecular weight excluding hydrogens is 350 g/mol. The molecule has 0 bridgehead atoms. The van der Waals surface area contributed by atoms with E-state index in [9.17, 15) is 8.42 Å². The molecule has 0 aliphatic carbocycles. The number of hydrogen-bond donors (Lipinski definition) is 2. The van der Waals surface area contributed by atoms with E-state index in [0.29, 0.717) is 5.56 Å². The summed E-state index contributed by atoms with van der Waals surface area (Å²) in [5, 5.41) is 9.04. The van der Waals surface area contributed by atoms with Gasteiger partial charge < -0.3 is 9.84 Å². The molecule has 2 rings (SSSR count). The molecule has 0 saturated carbocycles. The third-order valence-electron chi connectivity index (χ3n) is 4.40. The SMILES string of the molecule is Cc1ccc([C@H](CNS(=O)(=O)c2cc(C)c(C)cc2C)OCCO)cc1. The van der Waals surface area contributed by atoms with Gasteiger partial charge in [0, 0.05) is 6.54 Å². The van der Waals surface area contributed by atoms with Crippen LogP contribution in [0.15, 0.2) is 41.3 Å². The number of aliphatic hydroxyl groups is 1. The molecule has 2 N–H and O–H groups in total. The first-order valence-corrected chi connectivity index (χ1v) is 10.1. The molecule has 26 heavy (non-hydrogen) atoms. The Morgan fingerprint density at radius 3 is 2.23 bits per heavy atom. The first-order valence-electron chi connectivity index (χ1n) is 8.61. The Balaban J connectivity index is 2.21. The highest BCUT2D eigenvalue weighted by Crippen LogP contribution is 2.22. The number of rotatable bonds is 8. The highest BCUT2D eigenvalue weighted by molar-refractivity contribution is 7.89. The summed E-state index contributed by atoms with van der Waals surface area (Å²) in [5.74, 6) is 0. The predicted molar refractivity (Wildman–Crippen MR) is 103 cm³/mol. The van der Waals surface area contributed by atoms with E-state index in [1.165, 1.54) is 0 Å². The number of aliphatic hydroxyl groups excluding tert-OH is 1. The number of benzene rings is 2. The van der Waals surface area contributed by atoms with Crippen LogP contribution in [0.5, 0.6) is 0 Å². The second-order valence-electron chi connectivity index (χ2n) is 6.55. The fourth-order valence-corrected chi connectivity index (χ4v) is 4.08. The Bertz CT molecular complexity index is 845. The molecule has 0 saturated heterocycles. The topological polar surface area (TPSA) is 75.6 Å². The van der Waals surface area contributed by atoms with Gasteiger partial charge in [-0.15, -0.1) is 0 Å². The number of sulfonamides is 1. The summed E-state index contributed by atoms with van der Waals surface area (Å²) < 4.78 is 33.8. The molecule has 2 aromatic rings. The van der Waals surface area contributed by atoms with Gasteiger partial charge in [0.25, 0.3) is 0 Å². The van der Waals surface area contributed by atoms with Gasteiger partial charge in [-0.05, 0) is 56.0 Å². The van der Waals surface area contributed by atoms with Gasteiger partial charge >= 0.3 is 0 Å². The molecule has 5 nitrogen and oxygen atoms in total. The first kappa shape index (κ1) is 20.6. The molecule has 142 valence electrons. The zero-order valence-corrected chi connectivity index (χ0v) is 16.6. The molecule has 0 aromatic heterocycles. The van der Waals surface area contributed by atoms with Crippen LogP contribution < -0.4 is 4.72 Å². The predicted octanol–water partition coefficient (Wildman–Crippen LogP) is 2.95. The van der Waals surface area contributed by atoms with E-state index in [0.717, 1.165) is 22.3 Å². The standard InChI is InChI=1S/C20H27NO4S/c1-14-5-7-18(8-6-14)19(25-10-9-22)13-21-26(23,24)20-12-16(3)15(2)11-17(20)4/h5-8,11-12,19,21-22H,9-10,13H2,1-4H3/t19-/m0/s1. The zero-order valence-electron chi connectivity index (χ0n) is 15.7. The van der Waals surface area contributed by atoms with E-state index in [-0.39, 0.29) is 24.7 Å². The summed E-state index contributed by atoms with van der Waals surface area (Å²) in [6, 6.07) is 11.3. The van der Waals surface area contributed by atoms with Gasteiger partial charge in [0.1, 0.15) is 0 Å². The van der Waals surface area contributed by atoms with Crippen LogP contribution >= 0.6 is 0 Å². The maximum absolute atomic E-state index is 12.8. The maximum atomic E-state index is 12.8. The van der Waals surface area contributed by atoms with Gasteiger partial charge in [-0.3, -0.25) is 0 Å². The van der Waals surface area contributed by atoms with Crippen LogP contribution in [0.4, 0.5) is 0 Å². The lowest BCUT2D eigenvalue weighted by Gasteiger charge is -2.19. The van der Waals surface area contributed by atoms with Crippen LogP contribution in [0.25, 0.3) is 0 Å². The van der Waals surface area contributed by atoms with Crippen molar-refractivity contribution in [1.82, 2.24) is 4.72 Å². The summed E-state index contributed by atoms with van der Waals surface area (Å²) in [6.45, 7) is 7.75. The Kier molecular flexibility index (Phi) is 6.94. The smallest absolute Gasteiger partial charge is 0.240 e. The van der Waals surface area contributed by atoms with Gasteiger partial charge in [0.15, 0.2) is 0 Å². The number of nitrogens with one attached hydrogen (secondary N) is 1. The van der Waals surface area contributed by atoms with Gasteiger partial charge in [0.2, 0.25) is 10.0 Å². The van der Waals surface area contributed by atoms with Crippen molar-refractivity contribution in [2.24, 2.45) is 0 Å². The maximum Gasteiger partial charge on any atom is 0.240 e. The highest BCUT2D eigenvalue weighted by atomic mass is 32.2. The fourth-order valence-electron chi connectivity index (χ4n) is 2.74. The van der Waals surface area contributed by atoms with Crippen LogP contribution in [0.1, 0.15) is 33.9 Å². The van der Waals surface area contributed by atoms with Crippen molar-refractivity contribution in [3.8, 4) is 0 Å². The van der Waals surface area contributed by atoms with E-state index in [2.05, 4.69) is 4.72 Å². The Labute approximate surface area is 156 Å². The van der Waals surface area contributed by atoms with E-state index in [1.54, 1.807) is 13.0 Å². The van der Waals surface area contributed by atoms with Crippen LogP contribution in [0, 0.1) is 27.7 Å². The van der Waals surface area contributed by atoms with Gasteiger partial charge in [-0.2, -0.15) is 0 Å². The second-order valence-corrected chi connectivity index (χ2v) is 8.28. The lowest BCUT2D eigenvalue weighted by Crippen LogP contribution is -2.30. The average molecular weight is 378 g/mol. The third kappa shape index (κ3) is 5.14. The Morgan fingerprint density at radius 2 is 1.62 bits per heavy atom. The summed E-state index contributed by atoms with van der Waals surface area (Å²) in [4.78, 5) is 0.283. The molecule has 2 aromatic carbocycles. The quantitative estimate of drug-likeness (QED) is 0.742. The van der Waals surface area contributed by atoms with Gasteiger partial charge in [-0.1, -0.05) is 35.9 Å². The lowest BCUT2D eigenvalue weighted by molar-refractivity contribution is 0.0309. The van der Waals surface area contributed by atoms with Gasteiger partial charge in [-0.25, -0.2) is 13.1 Å². The molecular formula is C20H27NO4S. The van der Waals surface area contributed by atoms with Crippen LogP contribution in [-0.2, 0) is 14.8 Å². The van der Waals surface area contributed by atoms with Crippen molar-refractivity contribution in [1.29, 1.82) is 0 Å². The average Bonchev–Trinajstić information content (AvgIpc) is 2.59. The minimum Gasteiger partial charge on any atom is -0.394 e. The van der Waals surface area contributed by atoms with E-state index < -0.39 is 16.1 Å².